The van der Waals surface area contributed by atoms with Crippen LogP contribution < -0.4 is 5.32 Å². The molecule has 0 unspecified atom stereocenters. The summed E-state index contributed by atoms with van der Waals surface area (Å²) in [4.78, 5) is 14.3. The van der Waals surface area contributed by atoms with Gasteiger partial charge in [-0.2, -0.15) is 0 Å². The molecule has 1 aromatic carbocycles. The summed E-state index contributed by atoms with van der Waals surface area (Å²) in [6, 6.07) is 8.89. The molecular weight excluding hydrogens is 284 g/mol. The SMILES string of the molecule is Cc1cccc([C@@H]2CCCN2CC(=O)Nc2nncs2)c1. The molecule has 1 atom stereocenters. The summed E-state index contributed by atoms with van der Waals surface area (Å²) in [5.41, 5.74) is 4.18. The molecule has 21 heavy (non-hydrogen) atoms. The van der Waals surface area contributed by atoms with E-state index in [1.165, 1.54) is 22.5 Å². The third-order valence-corrected chi connectivity index (χ3v) is 4.35. The molecule has 1 aliphatic rings. The van der Waals surface area contributed by atoms with Crippen LogP contribution in [0.1, 0.15) is 30.0 Å². The number of aryl methyl sites for hydroxylation is 1. The number of carbonyl (C=O) groups excluding carboxylic acids is 1. The summed E-state index contributed by atoms with van der Waals surface area (Å²) < 4.78 is 0. The number of aromatic nitrogens is 2. The molecule has 5 nitrogen and oxygen atoms in total. The van der Waals surface area contributed by atoms with Crippen LogP contribution in [0.2, 0.25) is 0 Å². The Morgan fingerprint density at radius 2 is 2.43 bits per heavy atom. The van der Waals surface area contributed by atoms with Gasteiger partial charge in [-0.1, -0.05) is 41.2 Å². The van der Waals surface area contributed by atoms with Crippen molar-refractivity contribution in [3.63, 3.8) is 0 Å². The minimum atomic E-state index is -0.0219. The van der Waals surface area contributed by atoms with Gasteiger partial charge in [0.25, 0.3) is 0 Å². The van der Waals surface area contributed by atoms with Crippen LogP contribution in [0.5, 0.6) is 0 Å². The van der Waals surface area contributed by atoms with Crippen LogP contribution in [-0.4, -0.2) is 34.1 Å². The number of nitrogens with zero attached hydrogens (tertiary/aromatic N) is 3. The van der Waals surface area contributed by atoms with Crippen LogP contribution in [-0.2, 0) is 4.79 Å². The second-order valence-electron chi connectivity index (χ2n) is 5.33. The number of rotatable bonds is 4. The van der Waals surface area contributed by atoms with Crippen molar-refractivity contribution in [3.8, 4) is 0 Å². The largest absolute Gasteiger partial charge is 0.299 e. The van der Waals surface area contributed by atoms with Crippen molar-refractivity contribution >= 4 is 22.4 Å². The molecule has 1 aliphatic heterocycles. The molecule has 0 aliphatic carbocycles. The highest BCUT2D eigenvalue weighted by Crippen LogP contribution is 2.31. The number of amides is 1. The van der Waals surface area contributed by atoms with Crippen molar-refractivity contribution in [3.05, 3.63) is 40.9 Å². The highest BCUT2D eigenvalue weighted by molar-refractivity contribution is 7.13. The van der Waals surface area contributed by atoms with Gasteiger partial charge in [0.15, 0.2) is 0 Å². The quantitative estimate of drug-likeness (QED) is 0.943. The van der Waals surface area contributed by atoms with Gasteiger partial charge < -0.3 is 0 Å². The van der Waals surface area contributed by atoms with E-state index in [1.807, 2.05) is 0 Å². The van der Waals surface area contributed by atoms with Crippen molar-refractivity contribution in [1.29, 1.82) is 0 Å². The molecule has 2 aromatic rings. The molecule has 2 heterocycles. The van der Waals surface area contributed by atoms with Gasteiger partial charge in [-0.3, -0.25) is 15.0 Å². The first-order valence-electron chi connectivity index (χ1n) is 7.09. The Morgan fingerprint density at radius 3 is 3.19 bits per heavy atom. The van der Waals surface area contributed by atoms with Crippen molar-refractivity contribution < 1.29 is 4.79 Å². The summed E-state index contributed by atoms with van der Waals surface area (Å²) in [5, 5.41) is 10.9. The zero-order valence-corrected chi connectivity index (χ0v) is 12.8. The van der Waals surface area contributed by atoms with E-state index in [-0.39, 0.29) is 5.91 Å². The van der Waals surface area contributed by atoms with Gasteiger partial charge in [-0.25, -0.2) is 0 Å². The fraction of sp³-hybridized carbons (Fsp3) is 0.400. The molecule has 0 spiro atoms. The summed E-state index contributed by atoms with van der Waals surface area (Å²) >= 11 is 1.34. The van der Waals surface area contributed by atoms with E-state index in [0.29, 0.717) is 17.7 Å². The zero-order valence-electron chi connectivity index (χ0n) is 12.0. The van der Waals surface area contributed by atoms with Gasteiger partial charge in [0.05, 0.1) is 6.54 Å². The monoisotopic (exact) mass is 302 g/mol. The van der Waals surface area contributed by atoms with Crippen molar-refractivity contribution in [2.75, 3.05) is 18.4 Å². The lowest BCUT2D eigenvalue weighted by Crippen LogP contribution is -2.32. The number of carbonyl (C=O) groups is 1. The minimum Gasteiger partial charge on any atom is -0.299 e. The van der Waals surface area contributed by atoms with Crippen molar-refractivity contribution in [1.82, 2.24) is 15.1 Å². The zero-order chi connectivity index (χ0) is 14.7. The minimum absolute atomic E-state index is 0.0219. The van der Waals surface area contributed by atoms with Gasteiger partial charge in [0.2, 0.25) is 11.0 Å². The number of hydrogen-bond acceptors (Lipinski definition) is 5. The van der Waals surface area contributed by atoms with Crippen LogP contribution in [0.3, 0.4) is 0 Å². The van der Waals surface area contributed by atoms with E-state index in [4.69, 9.17) is 0 Å². The maximum atomic E-state index is 12.1. The van der Waals surface area contributed by atoms with Gasteiger partial charge in [0, 0.05) is 6.04 Å². The number of anilines is 1. The number of likely N-dealkylation sites (tertiary alicyclic amines) is 1. The predicted molar refractivity (Wildman–Crippen MR) is 83.3 cm³/mol. The summed E-state index contributed by atoms with van der Waals surface area (Å²) in [6.45, 7) is 3.46. The number of hydrogen-bond donors (Lipinski definition) is 1. The van der Waals surface area contributed by atoms with E-state index >= 15 is 0 Å². The maximum Gasteiger partial charge on any atom is 0.240 e. The first kappa shape index (κ1) is 14.2. The number of nitrogens with one attached hydrogen (secondary N) is 1. The summed E-state index contributed by atoms with van der Waals surface area (Å²) in [6.07, 6.45) is 2.24. The molecule has 1 aromatic heterocycles. The molecule has 1 fully saturated rings. The molecule has 0 saturated carbocycles. The molecule has 1 saturated heterocycles. The number of benzene rings is 1. The first-order chi connectivity index (χ1) is 10.2. The predicted octanol–water partition coefficient (Wildman–Crippen LogP) is 2.62. The van der Waals surface area contributed by atoms with E-state index in [9.17, 15) is 4.79 Å². The average molecular weight is 302 g/mol. The molecule has 0 bridgehead atoms. The second-order valence-corrected chi connectivity index (χ2v) is 6.17. The highest BCUT2D eigenvalue weighted by atomic mass is 32.1. The third kappa shape index (κ3) is 3.46. The summed E-state index contributed by atoms with van der Waals surface area (Å²) in [5.74, 6) is -0.0219. The lowest BCUT2D eigenvalue weighted by atomic mass is 10.0. The van der Waals surface area contributed by atoms with Crippen LogP contribution in [0.4, 0.5) is 5.13 Å². The van der Waals surface area contributed by atoms with Crippen LogP contribution in [0.15, 0.2) is 29.8 Å². The fourth-order valence-corrected chi connectivity index (χ4v) is 3.30. The van der Waals surface area contributed by atoms with Gasteiger partial charge in [-0.15, -0.1) is 10.2 Å². The Bertz CT molecular complexity index is 614. The van der Waals surface area contributed by atoms with Crippen molar-refractivity contribution in [2.45, 2.75) is 25.8 Å². The van der Waals surface area contributed by atoms with E-state index in [2.05, 4.69) is 51.6 Å². The van der Waals surface area contributed by atoms with Crippen LogP contribution >= 0.6 is 11.3 Å². The molecular formula is C15H18N4OS. The normalized spacial score (nSPS) is 18.8. The van der Waals surface area contributed by atoms with Gasteiger partial charge >= 0.3 is 0 Å². The van der Waals surface area contributed by atoms with Crippen LogP contribution in [0.25, 0.3) is 0 Å². The van der Waals surface area contributed by atoms with E-state index < -0.39 is 0 Å². The Kier molecular flexibility index (Phi) is 4.26. The Hall–Kier alpha value is -1.79. The fourth-order valence-electron chi connectivity index (χ4n) is 2.84. The Balaban J connectivity index is 1.65. The van der Waals surface area contributed by atoms with Gasteiger partial charge in [0.1, 0.15) is 5.51 Å². The molecule has 1 N–H and O–H groups in total. The molecule has 0 radical (unpaired) electrons. The Morgan fingerprint density at radius 1 is 1.52 bits per heavy atom. The highest BCUT2D eigenvalue weighted by Gasteiger charge is 2.27. The van der Waals surface area contributed by atoms with Crippen LogP contribution in [0, 0.1) is 6.92 Å². The maximum absolute atomic E-state index is 12.1. The topological polar surface area (TPSA) is 58.1 Å². The third-order valence-electron chi connectivity index (χ3n) is 3.74. The molecule has 110 valence electrons. The average Bonchev–Trinajstić information content (AvgIpc) is 3.10. The lowest BCUT2D eigenvalue weighted by Gasteiger charge is -2.24. The summed E-state index contributed by atoms with van der Waals surface area (Å²) in [7, 11) is 0. The first-order valence-corrected chi connectivity index (χ1v) is 7.97. The second kappa shape index (κ2) is 6.32. The van der Waals surface area contributed by atoms with E-state index in [0.717, 1.165) is 19.4 Å². The molecule has 3 rings (SSSR count). The Labute approximate surface area is 128 Å². The molecule has 1 amide bonds. The lowest BCUT2D eigenvalue weighted by molar-refractivity contribution is -0.117. The van der Waals surface area contributed by atoms with Gasteiger partial charge in [-0.05, 0) is 31.9 Å². The standard InChI is InChI=1S/C15H18N4OS/c1-11-4-2-5-12(8-11)13-6-3-7-19(13)9-14(20)17-15-18-16-10-21-15/h2,4-5,8,10,13H,3,6-7,9H2,1H3,(H,17,18,20)/t13-/m0/s1. The van der Waals surface area contributed by atoms with Crippen molar-refractivity contribution in [2.24, 2.45) is 0 Å². The van der Waals surface area contributed by atoms with E-state index in [1.54, 1.807) is 5.51 Å². The smallest absolute Gasteiger partial charge is 0.240 e. The molecule has 6 heteroatoms.